The second-order valence-corrected chi connectivity index (χ2v) is 34.3. The van der Waals surface area contributed by atoms with E-state index in [1.165, 1.54) is 19.3 Å². The topological polar surface area (TPSA) is 227 Å². The number of hydrogen-bond donors (Lipinski definition) is 3. The second kappa shape index (κ2) is 36.1. The Labute approximate surface area is 695 Å². The summed E-state index contributed by atoms with van der Waals surface area (Å²) in [6.07, 6.45) is 27.8. The quantitative estimate of drug-likeness (QED) is 0.0975. The molecule has 6 atom stereocenters. The first kappa shape index (κ1) is 82.9. The summed E-state index contributed by atoms with van der Waals surface area (Å²) in [6.45, 7) is 20.3. The number of urea groups is 3. The van der Waals surface area contributed by atoms with Gasteiger partial charge in [0.25, 0.3) is 0 Å². The predicted octanol–water partition coefficient (Wildman–Crippen LogP) is 15.3. The van der Waals surface area contributed by atoms with Crippen molar-refractivity contribution in [2.75, 3.05) is 99.9 Å². The monoisotopic (exact) mass is 1630 g/mol. The number of fused-ring (bicyclic) bond motifs is 6. The summed E-state index contributed by atoms with van der Waals surface area (Å²) in [5, 5.41) is 11.5. The lowest BCUT2D eigenvalue weighted by Gasteiger charge is -2.40. The number of halogens is 3. The molecule has 3 unspecified atom stereocenters. The Morgan fingerprint density at radius 1 is 0.422 bits per heavy atom. The molecule has 4 fully saturated rings. The molecule has 116 heavy (non-hydrogen) atoms. The summed E-state index contributed by atoms with van der Waals surface area (Å²) in [4.78, 5) is 79.5. The van der Waals surface area contributed by atoms with E-state index < -0.39 is 0 Å². The van der Waals surface area contributed by atoms with Crippen molar-refractivity contribution in [2.24, 2.45) is 21.1 Å². The first-order valence-electron chi connectivity index (χ1n) is 40.1. The van der Waals surface area contributed by atoms with E-state index >= 15 is 0 Å². The molecule has 16 rings (SSSR count). The summed E-state index contributed by atoms with van der Waals surface area (Å²) in [7, 11) is 11.1. The van der Waals surface area contributed by atoms with Crippen LogP contribution in [0, 0.1) is 0 Å². The maximum Gasteiger partial charge on any atom is 0.317 e. The largest absolute Gasteiger partial charge is 0.370 e. The molecule has 6 aromatic heterocycles. The van der Waals surface area contributed by atoms with Crippen molar-refractivity contribution in [3.63, 3.8) is 0 Å². The Kier molecular flexibility index (Phi) is 25.8. The number of nitrogens with one attached hydrogen (secondary N) is 3. The number of amides is 6. The lowest BCUT2D eigenvalue weighted by atomic mass is 9.91. The van der Waals surface area contributed by atoms with Gasteiger partial charge in [0.15, 0.2) is 0 Å². The minimum absolute atomic E-state index is 0.0215. The Balaban J connectivity index is 0.000000144. The van der Waals surface area contributed by atoms with E-state index in [4.69, 9.17) is 64.0 Å². The number of piperazine rings is 3. The normalized spacial score (nSPS) is 19.4. The molecule has 0 radical (unpaired) electrons. The summed E-state index contributed by atoms with van der Waals surface area (Å²) < 4.78 is 24.2. The van der Waals surface area contributed by atoms with Crippen LogP contribution < -0.4 is 16.0 Å². The zero-order valence-corrected chi connectivity index (χ0v) is 70.7. The zero-order chi connectivity index (χ0) is 81.7. The van der Waals surface area contributed by atoms with Crippen molar-refractivity contribution in [1.82, 2.24) is 89.0 Å². The number of aryl methyl sites for hydroxylation is 3. The number of ether oxygens (including phenoxy) is 3. The molecule has 3 saturated heterocycles. The van der Waals surface area contributed by atoms with Gasteiger partial charge in [-0.15, -0.1) is 0 Å². The molecule has 0 bridgehead atoms. The standard InChI is InChI=1S/C31H37ClN6O2.2C29H35ClN6O2/c1-36-20-33-19-27(36)30(40-2)26-17-21-7-6-12-34-28(21)29(24-11-10-22(32)18-25(24)26)37-13-15-38(16-14-37)31(39)35-23-8-4-3-5-9-23;2*1-29(2,3)33-28(37)36-13-11-35(12-14-36)26-21-9-8-20(30)16-22(21)23(15-19-7-6-10-32-25(19)26)27(38-5)24-17-31-18-34(24)4/h6-7,10-12,17-20,23,29-30H,3-5,8-9,13-16H2,1-2H3,(H,35,39);2*6-10,15-18,26-27H,11-14H2,1-5H3,(H,33,37)/t29-,30?;2*26-,27?/m000/s1. The highest BCUT2D eigenvalue weighted by Crippen LogP contribution is 2.49. The third-order valence-corrected chi connectivity index (χ3v) is 23.6. The molecule has 27 heteroatoms. The van der Waals surface area contributed by atoms with Crippen molar-refractivity contribution in [3.8, 4) is 0 Å². The van der Waals surface area contributed by atoms with E-state index in [0.29, 0.717) is 60.4 Å². The number of hydrogen-bond acceptors (Lipinski definition) is 15. The molecule has 3 N–H and O–H groups in total. The van der Waals surface area contributed by atoms with Gasteiger partial charge < -0.3 is 58.6 Å². The minimum Gasteiger partial charge on any atom is -0.370 e. The van der Waals surface area contributed by atoms with E-state index in [2.05, 4.69) is 100 Å². The molecule has 6 amide bonds. The van der Waals surface area contributed by atoms with Crippen LogP contribution in [-0.4, -0.2) is 208 Å². The summed E-state index contributed by atoms with van der Waals surface area (Å²) in [5.41, 5.74) is 17.9. The van der Waals surface area contributed by atoms with Gasteiger partial charge in [0, 0.05) is 172 Å². The van der Waals surface area contributed by atoms with Gasteiger partial charge in [0.2, 0.25) is 0 Å². The van der Waals surface area contributed by atoms with Crippen LogP contribution in [0.15, 0.2) is 147 Å². The minimum atomic E-state index is -0.343. The molecular weight excluding hydrogens is 1520 g/mol. The molecule has 9 aromatic rings. The Morgan fingerprint density at radius 3 is 1.00 bits per heavy atom. The number of carbonyl (C=O) groups is 3. The lowest BCUT2D eigenvalue weighted by molar-refractivity contribution is 0.115. The maximum absolute atomic E-state index is 13.1. The Morgan fingerprint density at radius 2 is 0.724 bits per heavy atom. The molecule has 610 valence electrons. The van der Waals surface area contributed by atoms with E-state index in [-0.39, 0.29) is 65.6 Å². The fourth-order valence-corrected chi connectivity index (χ4v) is 17.8. The van der Waals surface area contributed by atoms with Gasteiger partial charge in [-0.3, -0.25) is 29.7 Å². The van der Waals surface area contributed by atoms with Gasteiger partial charge in [-0.2, -0.15) is 0 Å². The highest BCUT2D eigenvalue weighted by atomic mass is 35.5. The van der Waals surface area contributed by atoms with Gasteiger partial charge in [-0.25, -0.2) is 29.3 Å². The third kappa shape index (κ3) is 18.4. The van der Waals surface area contributed by atoms with Crippen LogP contribution in [0.2, 0.25) is 15.1 Å². The first-order chi connectivity index (χ1) is 55.8. The Bertz CT molecular complexity index is 4880. The molecule has 1 saturated carbocycles. The van der Waals surface area contributed by atoms with Crippen LogP contribution in [0.1, 0.15) is 194 Å². The molecule has 3 aliphatic heterocycles. The molecular formula is C89H107Cl3N18O6. The van der Waals surface area contributed by atoms with Crippen LogP contribution in [-0.2, 0) is 35.4 Å². The maximum atomic E-state index is 13.1. The number of benzene rings is 3. The van der Waals surface area contributed by atoms with Gasteiger partial charge in [0.05, 0.1) is 89.9 Å². The van der Waals surface area contributed by atoms with Crippen LogP contribution in [0.4, 0.5) is 14.4 Å². The average Bonchev–Trinajstić information content (AvgIpc) is 1.53. The zero-order valence-electron chi connectivity index (χ0n) is 68.4. The van der Waals surface area contributed by atoms with Gasteiger partial charge >= 0.3 is 18.1 Å². The fraction of sp³-hybridized carbons (Fsp3) is 0.427. The van der Waals surface area contributed by atoms with E-state index in [0.717, 1.165) is 153 Å². The number of aromatic nitrogens is 9. The lowest BCUT2D eigenvalue weighted by Crippen LogP contribution is -2.55. The van der Waals surface area contributed by atoms with Crippen molar-refractivity contribution < 1.29 is 28.6 Å². The van der Waals surface area contributed by atoms with Crippen molar-refractivity contribution in [2.45, 2.75) is 127 Å². The van der Waals surface area contributed by atoms with Gasteiger partial charge in [0.1, 0.15) is 18.3 Å². The van der Waals surface area contributed by atoms with E-state index in [9.17, 15) is 14.4 Å². The molecule has 7 aliphatic rings. The highest BCUT2D eigenvalue weighted by Gasteiger charge is 2.41. The predicted molar refractivity (Wildman–Crippen MR) is 456 cm³/mol. The molecule has 9 heterocycles. The summed E-state index contributed by atoms with van der Waals surface area (Å²) >= 11 is 19.8. The van der Waals surface area contributed by atoms with Crippen molar-refractivity contribution >= 4 is 87.8 Å². The highest BCUT2D eigenvalue weighted by molar-refractivity contribution is 6.31. The smallest absolute Gasteiger partial charge is 0.317 e. The summed E-state index contributed by atoms with van der Waals surface area (Å²) in [5.74, 6) is 0. The Hall–Kier alpha value is -9.60. The van der Waals surface area contributed by atoms with Gasteiger partial charge in [-0.05, 0) is 194 Å². The van der Waals surface area contributed by atoms with Crippen LogP contribution in [0.25, 0.3) is 34.9 Å². The number of nitrogens with zero attached hydrogens (tertiary/aromatic N) is 15. The molecule has 0 spiro atoms. The number of rotatable bonds is 13. The fourth-order valence-electron chi connectivity index (χ4n) is 17.3. The van der Waals surface area contributed by atoms with E-state index in [1.54, 1.807) is 40.3 Å². The first-order valence-corrected chi connectivity index (χ1v) is 41.3. The summed E-state index contributed by atoms with van der Waals surface area (Å²) in [6, 6.07) is 30.6. The number of methoxy groups -OCH3 is 3. The van der Waals surface area contributed by atoms with Crippen LogP contribution in [0.3, 0.4) is 0 Å². The van der Waals surface area contributed by atoms with Crippen molar-refractivity contribution in [3.05, 3.63) is 246 Å². The molecule has 3 aromatic carbocycles. The van der Waals surface area contributed by atoms with E-state index in [1.807, 2.05) is 183 Å². The van der Waals surface area contributed by atoms with Crippen LogP contribution >= 0.6 is 34.8 Å². The van der Waals surface area contributed by atoms with Gasteiger partial charge in [-0.1, -0.05) is 90.5 Å². The molecule has 4 aliphatic carbocycles. The average molecular weight is 1630 g/mol. The SMILES string of the molecule is COC(C1=Cc2cccnc2[C@@H](N2CCN(C(=O)NC(C)(C)C)CC2)c2ccc(Cl)cc21)c1cncn1C.COC(C1=Cc2cccnc2[C@@H](N2CCN(C(=O)NC(C)(C)C)CC2)c2ccc(Cl)cc21)c1cncn1C.COC(C1=Cc2cccnc2[C@@H](N2CCN(C(=O)NC3CCCCC3)CC2)c2ccc(Cl)cc21)c1cncn1C. The van der Waals surface area contributed by atoms with Crippen LogP contribution in [0.5, 0.6) is 0 Å². The molecule has 24 nitrogen and oxygen atoms in total. The second-order valence-electron chi connectivity index (χ2n) is 33.0. The number of pyridine rings is 3. The third-order valence-electron chi connectivity index (χ3n) is 22.9. The van der Waals surface area contributed by atoms with Crippen molar-refractivity contribution in [1.29, 1.82) is 0 Å². The number of carbonyl (C=O) groups excluding carboxylic acids is 3. The number of imidazole rings is 3.